The number of nitrogens with one attached hydrogen (secondary N) is 1. The van der Waals surface area contributed by atoms with E-state index in [0.29, 0.717) is 19.8 Å². The van der Waals surface area contributed by atoms with E-state index in [4.69, 9.17) is 9.47 Å². The molecule has 0 aromatic heterocycles. The van der Waals surface area contributed by atoms with Gasteiger partial charge in [-0.25, -0.2) is 0 Å². The fourth-order valence-electron chi connectivity index (χ4n) is 2.85. The zero-order valence-corrected chi connectivity index (χ0v) is 13.8. The molecule has 1 aliphatic heterocycles. The summed E-state index contributed by atoms with van der Waals surface area (Å²) in [5.74, 6) is -1.66. The highest BCUT2D eigenvalue weighted by Crippen LogP contribution is 2.23. The van der Waals surface area contributed by atoms with Crippen LogP contribution in [0.5, 0.6) is 0 Å². The molecule has 6 nitrogen and oxygen atoms in total. The number of hydrogen-bond acceptors (Lipinski definition) is 4. The molecular weight excluding hydrogens is 310 g/mol. The summed E-state index contributed by atoms with van der Waals surface area (Å²) in [5.41, 5.74) is 1.16. The molecule has 0 bridgehead atoms. The minimum Gasteiger partial charge on any atom is -0.481 e. The van der Waals surface area contributed by atoms with Crippen molar-refractivity contribution in [2.75, 3.05) is 33.0 Å². The van der Waals surface area contributed by atoms with Crippen molar-refractivity contribution in [2.45, 2.75) is 19.3 Å². The van der Waals surface area contributed by atoms with Crippen molar-refractivity contribution < 1.29 is 24.2 Å². The van der Waals surface area contributed by atoms with E-state index in [1.54, 1.807) is 0 Å². The standard InChI is InChI=1S/C18H25NO5/c20-17(13-24-9-6-14-4-2-1-3-5-14)19-12-16(18(21)22)15-7-10-23-11-8-15/h1-5,15-16H,6-13H2,(H,19,20)(H,21,22). The van der Waals surface area contributed by atoms with Gasteiger partial charge in [-0.1, -0.05) is 30.3 Å². The first kappa shape index (κ1) is 18.4. The molecule has 0 radical (unpaired) electrons. The van der Waals surface area contributed by atoms with Crippen LogP contribution in [0.3, 0.4) is 0 Å². The van der Waals surface area contributed by atoms with E-state index in [1.807, 2.05) is 30.3 Å². The number of rotatable bonds is 9. The lowest BCUT2D eigenvalue weighted by atomic mass is 9.86. The number of amides is 1. The Labute approximate surface area is 142 Å². The predicted molar refractivity (Wildman–Crippen MR) is 88.6 cm³/mol. The molecule has 6 heteroatoms. The summed E-state index contributed by atoms with van der Waals surface area (Å²) >= 11 is 0. The summed E-state index contributed by atoms with van der Waals surface area (Å²) in [6.45, 7) is 1.73. The molecule has 1 fully saturated rings. The maximum absolute atomic E-state index is 11.8. The van der Waals surface area contributed by atoms with Crippen molar-refractivity contribution in [1.29, 1.82) is 0 Å². The van der Waals surface area contributed by atoms with E-state index in [1.165, 1.54) is 0 Å². The summed E-state index contributed by atoms with van der Waals surface area (Å²) < 4.78 is 10.6. The molecule has 1 saturated heterocycles. The van der Waals surface area contributed by atoms with Gasteiger partial charge < -0.3 is 19.9 Å². The Morgan fingerprint density at radius 3 is 2.62 bits per heavy atom. The Bertz CT molecular complexity index is 513. The van der Waals surface area contributed by atoms with Crippen LogP contribution >= 0.6 is 0 Å². The van der Waals surface area contributed by atoms with Gasteiger partial charge in [0.25, 0.3) is 0 Å². The molecule has 1 heterocycles. The topological polar surface area (TPSA) is 84.9 Å². The Kier molecular flexibility index (Phi) is 7.71. The van der Waals surface area contributed by atoms with Crippen LogP contribution in [-0.2, 0) is 25.5 Å². The second-order valence-electron chi connectivity index (χ2n) is 5.99. The molecule has 1 unspecified atom stereocenters. The molecule has 1 aromatic rings. The first-order valence-corrected chi connectivity index (χ1v) is 8.35. The Balaban J connectivity index is 1.64. The maximum Gasteiger partial charge on any atom is 0.308 e. The van der Waals surface area contributed by atoms with Crippen LogP contribution in [0.2, 0.25) is 0 Å². The zero-order valence-electron chi connectivity index (χ0n) is 13.8. The first-order valence-electron chi connectivity index (χ1n) is 8.35. The molecule has 132 valence electrons. The maximum atomic E-state index is 11.8. The second kappa shape index (κ2) is 10.1. The summed E-state index contributed by atoms with van der Waals surface area (Å²) in [7, 11) is 0. The van der Waals surface area contributed by atoms with E-state index in [9.17, 15) is 14.7 Å². The van der Waals surface area contributed by atoms with Gasteiger partial charge in [0.05, 0.1) is 12.5 Å². The highest BCUT2D eigenvalue weighted by Gasteiger charge is 2.29. The third-order valence-corrected chi connectivity index (χ3v) is 4.28. The van der Waals surface area contributed by atoms with E-state index >= 15 is 0 Å². The third-order valence-electron chi connectivity index (χ3n) is 4.28. The van der Waals surface area contributed by atoms with Crippen molar-refractivity contribution in [3.63, 3.8) is 0 Å². The number of carboxylic acid groups (broad SMARTS) is 1. The third kappa shape index (κ3) is 6.29. The smallest absolute Gasteiger partial charge is 0.308 e. The van der Waals surface area contributed by atoms with Gasteiger partial charge in [-0.3, -0.25) is 9.59 Å². The highest BCUT2D eigenvalue weighted by atomic mass is 16.5. The SMILES string of the molecule is O=C(COCCc1ccccc1)NCC(C(=O)O)C1CCOCC1. The molecule has 1 aliphatic rings. The van der Waals surface area contributed by atoms with Crippen LogP contribution in [0, 0.1) is 11.8 Å². The number of carbonyl (C=O) groups excluding carboxylic acids is 1. The second-order valence-corrected chi connectivity index (χ2v) is 5.99. The van der Waals surface area contributed by atoms with Crippen LogP contribution < -0.4 is 5.32 Å². The Morgan fingerprint density at radius 2 is 1.96 bits per heavy atom. The quantitative estimate of drug-likeness (QED) is 0.668. The number of ether oxygens (including phenoxy) is 2. The van der Waals surface area contributed by atoms with Crippen LogP contribution in [0.25, 0.3) is 0 Å². The van der Waals surface area contributed by atoms with Gasteiger partial charge in [0.1, 0.15) is 6.61 Å². The molecule has 1 atom stereocenters. The van der Waals surface area contributed by atoms with E-state index in [2.05, 4.69) is 5.32 Å². The molecule has 0 saturated carbocycles. The van der Waals surface area contributed by atoms with Gasteiger partial charge in [-0.05, 0) is 30.7 Å². The average molecular weight is 335 g/mol. The molecule has 1 aromatic carbocycles. The summed E-state index contributed by atoms with van der Waals surface area (Å²) in [5, 5.41) is 12.0. The largest absolute Gasteiger partial charge is 0.481 e. The molecular formula is C18H25NO5. The lowest BCUT2D eigenvalue weighted by Crippen LogP contribution is -2.40. The molecule has 0 spiro atoms. The fourth-order valence-corrected chi connectivity index (χ4v) is 2.85. The monoisotopic (exact) mass is 335 g/mol. The molecule has 0 aliphatic carbocycles. The van der Waals surface area contributed by atoms with Gasteiger partial charge in [-0.2, -0.15) is 0 Å². The zero-order chi connectivity index (χ0) is 17.2. The number of hydrogen-bond donors (Lipinski definition) is 2. The first-order chi connectivity index (χ1) is 11.7. The van der Waals surface area contributed by atoms with Crippen LogP contribution in [0.4, 0.5) is 0 Å². The highest BCUT2D eigenvalue weighted by molar-refractivity contribution is 5.78. The van der Waals surface area contributed by atoms with Crippen molar-refractivity contribution >= 4 is 11.9 Å². The van der Waals surface area contributed by atoms with Gasteiger partial charge >= 0.3 is 5.97 Å². The number of carboxylic acids is 1. The number of aliphatic carboxylic acids is 1. The van der Waals surface area contributed by atoms with E-state index in [-0.39, 0.29) is 25.0 Å². The van der Waals surface area contributed by atoms with Crippen molar-refractivity contribution in [3.8, 4) is 0 Å². The van der Waals surface area contributed by atoms with Crippen LogP contribution in [-0.4, -0.2) is 50.0 Å². The van der Waals surface area contributed by atoms with Crippen molar-refractivity contribution in [3.05, 3.63) is 35.9 Å². The summed E-state index contributed by atoms with van der Waals surface area (Å²) in [6, 6.07) is 9.90. The van der Waals surface area contributed by atoms with Crippen molar-refractivity contribution in [1.82, 2.24) is 5.32 Å². The normalized spacial score (nSPS) is 16.5. The minimum absolute atomic E-state index is 0.0487. The molecule has 2 rings (SSSR count). The van der Waals surface area contributed by atoms with Gasteiger partial charge in [0.15, 0.2) is 0 Å². The fraction of sp³-hybridized carbons (Fsp3) is 0.556. The van der Waals surface area contributed by atoms with Crippen molar-refractivity contribution in [2.24, 2.45) is 11.8 Å². The van der Waals surface area contributed by atoms with Gasteiger partial charge in [-0.15, -0.1) is 0 Å². The Morgan fingerprint density at radius 1 is 1.25 bits per heavy atom. The van der Waals surface area contributed by atoms with E-state index in [0.717, 1.165) is 24.8 Å². The lowest BCUT2D eigenvalue weighted by molar-refractivity contribution is -0.145. The lowest BCUT2D eigenvalue weighted by Gasteiger charge is -2.27. The van der Waals surface area contributed by atoms with Gasteiger partial charge in [0.2, 0.25) is 5.91 Å². The minimum atomic E-state index is -0.868. The number of carbonyl (C=O) groups is 2. The van der Waals surface area contributed by atoms with Crippen LogP contribution in [0.1, 0.15) is 18.4 Å². The molecule has 2 N–H and O–H groups in total. The van der Waals surface area contributed by atoms with Crippen LogP contribution in [0.15, 0.2) is 30.3 Å². The summed E-state index contributed by atoms with van der Waals surface area (Å²) in [4.78, 5) is 23.2. The predicted octanol–water partition coefficient (Wildman–Crippen LogP) is 1.49. The molecule has 1 amide bonds. The Hall–Kier alpha value is -1.92. The average Bonchev–Trinajstić information content (AvgIpc) is 2.60. The number of benzene rings is 1. The molecule has 24 heavy (non-hydrogen) atoms. The summed E-state index contributed by atoms with van der Waals surface area (Å²) in [6.07, 6.45) is 2.19. The van der Waals surface area contributed by atoms with Gasteiger partial charge in [0, 0.05) is 19.8 Å². The van der Waals surface area contributed by atoms with E-state index < -0.39 is 11.9 Å².